The van der Waals surface area contributed by atoms with Crippen molar-refractivity contribution in [2.24, 2.45) is 0 Å². The topological polar surface area (TPSA) is 17.1 Å². The molecule has 3 heteroatoms. The lowest BCUT2D eigenvalue weighted by Gasteiger charge is -2.20. The van der Waals surface area contributed by atoms with Gasteiger partial charge < -0.3 is 0 Å². The predicted molar refractivity (Wildman–Crippen MR) is 73.2 cm³/mol. The van der Waals surface area contributed by atoms with Crippen molar-refractivity contribution >= 4 is 37.6 Å². The molecular weight excluding hydrogens is 332 g/mol. The number of carbonyl (C=O) groups excluding carboxylic acids is 1. The van der Waals surface area contributed by atoms with Crippen LogP contribution in [0.1, 0.15) is 16.8 Å². The Balaban J connectivity index is 2.25. The van der Waals surface area contributed by atoms with Gasteiger partial charge in [0.15, 0.2) is 5.78 Å². The Morgan fingerprint density at radius 2 is 1.88 bits per heavy atom. The molecule has 0 fully saturated rings. The monoisotopic (exact) mass is 340 g/mol. The predicted octanol–water partition coefficient (Wildman–Crippen LogP) is 4.24. The normalized spacial score (nSPS) is 18.0. The van der Waals surface area contributed by atoms with Crippen molar-refractivity contribution in [3.8, 4) is 0 Å². The van der Waals surface area contributed by atoms with Gasteiger partial charge in [-0.2, -0.15) is 0 Å². The largest absolute Gasteiger partial charge is 0.289 e. The number of halogens is 2. The van der Waals surface area contributed by atoms with Gasteiger partial charge >= 0.3 is 0 Å². The zero-order valence-electron chi connectivity index (χ0n) is 8.49. The fraction of sp³-hybridized carbons (Fsp3) is 0.154. The van der Waals surface area contributed by atoms with E-state index in [9.17, 15) is 4.79 Å². The molecule has 82 valence electrons. The van der Waals surface area contributed by atoms with E-state index >= 15 is 0 Å². The van der Waals surface area contributed by atoms with Gasteiger partial charge in [0.2, 0.25) is 0 Å². The molecule has 0 saturated carbocycles. The first-order chi connectivity index (χ1) is 7.58. The minimum Gasteiger partial charge on any atom is -0.289 e. The Bertz CT molecular complexity index is 458. The molecule has 1 aromatic carbocycles. The van der Waals surface area contributed by atoms with Crippen LogP contribution in [0.25, 0.3) is 0 Å². The number of benzene rings is 1. The third kappa shape index (κ3) is 2.71. The molecule has 0 heterocycles. The van der Waals surface area contributed by atoms with Crippen LogP contribution in [0.4, 0.5) is 0 Å². The van der Waals surface area contributed by atoms with E-state index in [4.69, 9.17) is 0 Å². The van der Waals surface area contributed by atoms with Crippen LogP contribution < -0.4 is 0 Å². The van der Waals surface area contributed by atoms with Crippen molar-refractivity contribution in [2.75, 3.05) is 0 Å². The molecule has 0 unspecified atom stereocenters. The molecule has 0 bridgehead atoms. The summed E-state index contributed by atoms with van der Waals surface area (Å²) in [6, 6.07) is 9.34. The van der Waals surface area contributed by atoms with E-state index < -0.39 is 0 Å². The quantitative estimate of drug-likeness (QED) is 0.580. The molecule has 1 aliphatic rings. The summed E-state index contributed by atoms with van der Waals surface area (Å²) in [6.07, 6.45) is 6.39. The van der Waals surface area contributed by atoms with Crippen LogP contribution in [0.3, 0.4) is 0 Å². The molecule has 0 aliphatic heterocycles. The summed E-state index contributed by atoms with van der Waals surface area (Å²) in [5.74, 6) is 0.0909. The molecule has 0 amide bonds. The van der Waals surface area contributed by atoms with Crippen LogP contribution >= 0.6 is 31.9 Å². The number of allylic oxidation sites excluding steroid dienone is 4. The van der Waals surface area contributed by atoms with Crippen molar-refractivity contribution in [2.45, 2.75) is 9.65 Å². The van der Waals surface area contributed by atoms with Crippen LogP contribution in [0.5, 0.6) is 0 Å². The molecule has 1 nitrogen and oxygen atoms in total. The number of rotatable bonds is 2. The highest BCUT2D eigenvalue weighted by Gasteiger charge is 2.26. The Hall–Kier alpha value is -0.670. The molecule has 0 radical (unpaired) electrons. The average molecular weight is 342 g/mol. The number of carbonyl (C=O) groups is 1. The van der Waals surface area contributed by atoms with Crippen molar-refractivity contribution < 1.29 is 4.79 Å². The lowest BCUT2D eigenvalue weighted by atomic mass is 9.96. The minimum atomic E-state index is -0.283. The van der Waals surface area contributed by atoms with E-state index in [1.807, 2.05) is 48.6 Å². The molecule has 2 rings (SSSR count). The first-order valence-corrected chi connectivity index (χ1v) is 6.53. The van der Waals surface area contributed by atoms with Gasteiger partial charge in [0.25, 0.3) is 0 Å². The summed E-state index contributed by atoms with van der Waals surface area (Å²) < 4.78 is -0.283. The van der Waals surface area contributed by atoms with Gasteiger partial charge in [0.1, 0.15) is 3.23 Å². The van der Waals surface area contributed by atoms with Crippen LogP contribution in [0, 0.1) is 0 Å². The van der Waals surface area contributed by atoms with Crippen LogP contribution in [0.15, 0.2) is 54.1 Å². The van der Waals surface area contributed by atoms with E-state index in [1.54, 1.807) is 0 Å². The molecule has 16 heavy (non-hydrogen) atoms. The van der Waals surface area contributed by atoms with Crippen molar-refractivity contribution in [3.05, 3.63) is 59.7 Å². The van der Waals surface area contributed by atoms with Gasteiger partial charge in [0, 0.05) is 17.6 Å². The molecule has 0 N–H and O–H groups in total. The second-order valence-electron chi connectivity index (χ2n) is 3.68. The fourth-order valence-corrected chi connectivity index (χ4v) is 2.52. The van der Waals surface area contributed by atoms with Crippen LogP contribution in [-0.2, 0) is 0 Å². The van der Waals surface area contributed by atoms with E-state index in [-0.39, 0.29) is 9.02 Å². The second-order valence-corrected chi connectivity index (χ2v) is 7.58. The molecular formula is C13H10Br2O. The Kier molecular flexibility index (Phi) is 3.45. The van der Waals surface area contributed by atoms with E-state index in [0.29, 0.717) is 6.42 Å². The average Bonchev–Trinajstić information content (AvgIpc) is 2.28. The summed E-state index contributed by atoms with van der Waals surface area (Å²) in [4.78, 5) is 12.1. The third-order valence-corrected chi connectivity index (χ3v) is 3.48. The number of Topliss-reactive ketones (excluding diaryl/α,β-unsaturated/α-hetero) is 1. The smallest absolute Gasteiger partial charge is 0.189 e. The summed E-state index contributed by atoms with van der Waals surface area (Å²) in [6.45, 7) is 0. The Morgan fingerprint density at radius 3 is 2.50 bits per heavy atom. The fourth-order valence-electron chi connectivity index (χ4n) is 1.61. The zero-order chi connectivity index (χ0) is 11.6. The van der Waals surface area contributed by atoms with Gasteiger partial charge in [-0.25, -0.2) is 0 Å². The van der Waals surface area contributed by atoms with E-state index in [2.05, 4.69) is 31.9 Å². The highest BCUT2D eigenvalue weighted by molar-refractivity contribution is 9.25. The highest BCUT2D eigenvalue weighted by Crippen LogP contribution is 2.38. The summed E-state index contributed by atoms with van der Waals surface area (Å²) in [7, 11) is 0. The molecule has 0 atom stereocenters. The summed E-state index contributed by atoms with van der Waals surface area (Å²) in [5, 5.41) is 0. The molecule has 0 aromatic heterocycles. The van der Waals surface area contributed by atoms with Crippen LogP contribution in [-0.4, -0.2) is 9.02 Å². The molecule has 1 aliphatic carbocycles. The highest BCUT2D eigenvalue weighted by atomic mass is 79.9. The van der Waals surface area contributed by atoms with Crippen molar-refractivity contribution in [3.63, 3.8) is 0 Å². The van der Waals surface area contributed by atoms with Gasteiger partial charge in [-0.05, 0) is 0 Å². The summed E-state index contributed by atoms with van der Waals surface area (Å²) >= 11 is 7.02. The number of hydrogen-bond acceptors (Lipinski definition) is 1. The standard InChI is InChI=1S/C13H10Br2O/c14-13(15)8-4-7-11(9-13)12(16)10-5-2-1-3-6-10/h1-8H,9H2. The first-order valence-electron chi connectivity index (χ1n) is 4.94. The first kappa shape index (κ1) is 11.8. The molecule has 1 aromatic rings. The number of ketones is 1. The lowest BCUT2D eigenvalue weighted by Crippen LogP contribution is -2.16. The van der Waals surface area contributed by atoms with Crippen LogP contribution in [0.2, 0.25) is 0 Å². The Labute approximate surface area is 111 Å². The maximum Gasteiger partial charge on any atom is 0.189 e. The molecule has 0 saturated heterocycles. The van der Waals surface area contributed by atoms with Gasteiger partial charge in [-0.1, -0.05) is 80.4 Å². The zero-order valence-corrected chi connectivity index (χ0v) is 11.7. The summed E-state index contributed by atoms with van der Waals surface area (Å²) in [5.41, 5.74) is 1.54. The second kappa shape index (κ2) is 4.68. The lowest BCUT2D eigenvalue weighted by molar-refractivity contribution is 0.103. The SMILES string of the molecule is O=C(C1=CC=CC(Br)(Br)C1)c1ccccc1. The number of hydrogen-bond donors (Lipinski definition) is 0. The van der Waals surface area contributed by atoms with E-state index in [1.165, 1.54) is 0 Å². The maximum absolute atomic E-state index is 12.1. The van der Waals surface area contributed by atoms with Gasteiger partial charge in [-0.15, -0.1) is 0 Å². The van der Waals surface area contributed by atoms with Crippen molar-refractivity contribution in [1.29, 1.82) is 0 Å². The van der Waals surface area contributed by atoms with Gasteiger partial charge in [0.05, 0.1) is 0 Å². The molecule has 0 spiro atoms. The van der Waals surface area contributed by atoms with Gasteiger partial charge in [-0.3, -0.25) is 4.79 Å². The van der Waals surface area contributed by atoms with Crippen molar-refractivity contribution in [1.82, 2.24) is 0 Å². The van der Waals surface area contributed by atoms with E-state index in [0.717, 1.165) is 11.1 Å². The maximum atomic E-state index is 12.1. The minimum absolute atomic E-state index is 0.0909. The third-order valence-electron chi connectivity index (χ3n) is 2.39. The number of alkyl halides is 2. The Morgan fingerprint density at radius 1 is 1.19 bits per heavy atom.